The number of hydrogen-bond acceptors (Lipinski definition) is 3. The lowest BCUT2D eigenvalue weighted by molar-refractivity contribution is -0.385. The molecular weight excluding hydrogens is 362 g/mol. The Kier molecular flexibility index (Phi) is 4.81. The molecular formula is C14H9BrF2N2O3. The van der Waals surface area contributed by atoms with Gasteiger partial charge in [-0.05, 0) is 24.3 Å². The molecule has 1 amide bonds. The Morgan fingerprint density at radius 2 is 1.95 bits per heavy atom. The number of nitrogens with zero attached hydrogens (tertiary/aromatic N) is 1. The average molecular weight is 371 g/mol. The molecule has 0 bridgehead atoms. The molecule has 2 aromatic rings. The fraction of sp³-hybridized carbons (Fsp3) is 0.0714. The molecule has 0 unspecified atom stereocenters. The molecule has 0 aliphatic heterocycles. The molecule has 114 valence electrons. The number of nitrogens with one attached hydrogen (secondary N) is 1. The van der Waals surface area contributed by atoms with E-state index in [1.54, 1.807) is 6.07 Å². The lowest BCUT2D eigenvalue weighted by atomic mass is 10.1. The normalized spacial score (nSPS) is 10.3. The van der Waals surface area contributed by atoms with Gasteiger partial charge in [-0.15, -0.1) is 0 Å². The Balaban J connectivity index is 2.18. The van der Waals surface area contributed by atoms with E-state index < -0.39 is 28.2 Å². The number of rotatable bonds is 4. The predicted octanol–water partition coefficient (Wildman–Crippen LogP) is 3.57. The summed E-state index contributed by atoms with van der Waals surface area (Å²) in [6, 6.07) is 6.93. The summed E-state index contributed by atoms with van der Waals surface area (Å²) in [4.78, 5) is 22.0. The molecule has 0 fully saturated rings. The number of hydrogen-bond donors (Lipinski definition) is 1. The van der Waals surface area contributed by atoms with E-state index in [4.69, 9.17) is 0 Å². The van der Waals surface area contributed by atoms with Crippen LogP contribution in [0.2, 0.25) is 0 Å². The average Bonchev–Trinajstić information content (AvgIpc) is 2.45. The highest BCUT2D eigenvalue weighted by Crippen LogP contribution is 2.20. The van der Waals surface area contributed by atoms with Crippen LogP contribution in [-0.2, 0) is 6.54 Å². The van der Waals surface area contributed by atoms with Crippen molar-refractivity contribution in [1.29, 1.82) is 0 Å². The number of benzene rings is 2. The van der Waals surface area contributed by atoms with Crippen LogP contribution in [0, 0.1) is 21.7 Å². The van der Waals surface area contributed by atoms with Crippen molar-refractivity contribution < 1.29 is 18.5 Å². The summed E-state index contributed by atoms with van der Waals surface area (Å²) in [6.07, 6.45) is 0. The summed E-state index contributed by atoms with van der Waals surface area (Å²) in [5.74, 6) is -2.13. The van der Waals surface area contributed by atoms with Crippen molar-refractivity contribution in [2.75, 3.05) is 0 Å². The third kappa shape index (κ3) is 3.64. The zero-order valence-electron chi connectivity index (χ0n) is 11.0. The topological polar surface area (TPSA) is 72.2 Å². The van der Waals surface area contributed by atoms with Crippen molar-refractivity contribution >= 4 is 27.5 Å². The molecule has 2 rings (SSSR count). The maximum absolute atomic E-state index is 13.6. The molecule has 0 aliphatic rings. The van der Waals surface area contributed by atoms with E-state index in [1.807, 2.05) is 0 Å². The number of amides is 1. The molecule has 0 saturated carbocycles. The largest absolute Gasteiger partial charge is 0.348 e. The van der Waals surface area contributed by atoms with Crippen LogP contribution in [-0.4, -0.2) is 10.8 Å². The van der Waals surface area contributed by atoms with Gasteiger partial charge in [0.05, 0.1) is 11.0 Å². The molecule has 8 heteroatoms. The first kappa shape index (κ1) is 16.0. The molecule has 0 spiro atoms. The quantitative estimate of drug-likeness (QED) is 0.660. The monoisotopic (exact) mass is 370 g/mol. The molecule has 2 aromatic carbocycles. The second-order valence-corrected chi connectivity index (χ2v) is 5.25. The Labute approximate surface area is 132 Å². The minimum absolute atomic E-state index is 0.146. The van der Waals surface area contributed by atoms with Crippen molar-refractivity contribution in [1.82, 2.24) is 5.32 Å². The second kappa shape index (κ2) is 6.61. The highest BCUT2D eigenvalue weighted by atomic mass is 79.9. The van der Waals surface area contributed by atoms with Gasteiger partial charge in [-0.3, -0.25) is 14.9 Å². The molecule has 0 heterocycles. The summed E-state index contributed by atoms with van der Waals surface area (Å²) in [6.45, 7) is -0.146. The van der Waals surface area contributed by atoms with Crippen LogP contribution in [0.5, 0.6) is 0 Å². The number of halogens is 3. The Hall–Kier alpha value is -2.35. The summed E-state index contributed by atoms with van der Waals surface area (Å²) < 4.78 is 27.2. The Morgan fingerprint density at radius 1 is 1.23 bits per heavy atom. The first-order valence-electron chi connectivity index (χ1n) is 6.04. The van der Waals surface area contributed by atoms with E-state index in [2.05, 4.69) is 21.2 Å². The minimum Gasteiger partial charge on any atom is -0.348 e. The van der Waals surface area contributed by atoms with Crippen molar-refractivity contribution in [3.63, 3.8) is 0 Å². The Bertz CT molecular complexity index is 753. The molecule has 0 atom stereocenters. The Morgan fingerprint density at radius 3 is 2.59 bits per heavy atom. The van der Waals surface area contributed by atoms with Gasteiger partial charge in [-0.25, -0.2) is 8.78 Å². The van der Waals surface area contributed by atoms with Crippen molar-refractivity contribution in [3.8, 4) is 0 Å². The fourth-order valence-electron chi connectivity index (χ4n) is 1.78. The van der Waals surface area contributed by atoms with Crippen molar-refractivity contribution in [2.45, 2.75) is 6.54 Å². The van der Waals surface area contributed by atoms with Gasteiger partial charge in [0.25, 0.3) is 11.6 Å². The number of nitro groups is 1. The first-order valence-corrected chi connectivity index (χ1v) is 6.84. The first-order chi connectivity index (χ1) is 10.4. The predicted molar refractivity (Wildman–Crippen MR) is 78.3 cm³/mol. The van der Waals surface area contributed by atoms with Crippen LogP contribution < -0.4 is 5.32 Å². The summed E-state index contributed by atoms with van der Waals surface area (Å²) >= 11 is 3.11. The van der Waals surface area contributed by atoms with E-state index in [0.29, 0.717) is 10.5 Å². The van der Waals surface area contributed by atoms with E-state index in [-0.39, 0.29) is 17.7 Å². The standard InChI is InChI=1S/C14H9BrF2N2O3/c15-9-2-1-8(12(17)5-9)7-18-14(20)11-4-3-10(16)6-13(11)19(21)22/h1-6H,7H2,(H,18,20). The second-order valence-electron chi connectivity index (χ2n) is 4.34. The van der Waals surface area contributed by atoms with E-state index >= 15 is 0 Å². The van der Waals surface area contributed by atoms with Gasteiger partial charge in [0.15, 0.2) is 0 Å². The lowest BCUT2D eigenvalue weighted by Crippen LogP contribution is -2.24. The van der Waals surface area contributed by atoms with E-state index in [1.165, 1.54) is 12.1 Å². The van der Waals surface area contributed by atoms with Crippen molar-refractivity contribution in [3.05, 3.63) is 73.7 Å². The van der Waals surface area contributed by atoms with Gasteiger partial charge >= 0.3 is 0 Å². The van der Waals surface area contributed by atoms with Crippen LogP contribution in [0.1, 0.15) is 15.9 Å². The smallest absolute Gasteiger partial charge is 0.285 e. The van der Waals surface area contributed by atoms with Gasteiger partial charge in [-0.1, -0.05) is 22.0 Å². The maximum atomic E-state index is 13.6. The van der Waals surface area contributed by atoms with Crippen LogP contribution in [0.15, 0.2) is 40.9 Å². The van der Waals surface area contributed by atoms with Crippen LogP contribution in [0.3, 0.4) is 0 Å². The molecule has 5 nitrogen and oxygen atoms in total. The highest BCUT2D eigenvalue weighted by molar-refractivity contribution is 9.10. The number of carbonyl (C=O) groups excluding carboxylic acids is 1. The molecule has 22 heavy (non-hydrogen) atoms. The maximum Gasteiger partial charge on any atom is 0.285 e. The lowest BCUT2D eigenvalue weighted by Gasteiger charge is -2.07. The molecule has 1 N–H and O–H groups in total. The zero-order valence-corrected chi connectivity index (χ0v) is 12.6. The molecule has 0 saturated heterocycles. The van der Waals surface area contributed by atoms with Crippen LogP contribution in [0.4, 0.5) is 14.5 Å². The zero-order chi connectivity index (χ0) is 16.3. The fourth-order valence-corrected chi connectivity index (χ4v) is 2.12. The molecule has 0 aliphatic carbocycles. The van der Waals surface area contributed by atoms with Crippen molar-refractivity contribution in [2.24, 2.45) is 0 Å². The van der Waals surface area contributed by atoms with Gasteiger partial charge in [0, 0.05) is 16.6 Å². The van der Waals surface area contributed by atoms with Crippen LogP contribution in [0.25, 0.3) is 0 Å². The number of carbonyl (C=O) groups is 1. The van der Waals surface area contributed by atoms with E-state index in [9.17, 15) is 23.7 Å². The highest BCUT2D eigenvalue weighted by Gasteiger charge is 2.21. The van der Waals surface area contributed by atoms with Gasteiger partial charge in [0.1, 0.15) is 17.2 Å². The van der Waals surface area contributed by atoms with Crippen LogP contribution >= 0.6 is 15.9 Å². The third-order valence-corrected chi connectivity index (χ3v) is 3.35. The van der Waals surface area contributed by atoms with E-state index in [0.717, 1.165) is 12.1 Å². The molecule has 0 radical (unpaired) electrons. The summed E-state index contributed by atoms with van der Waals surface area (Å²) in [5, 5.41) is 13.2. The molecule has 0 aromatic heterocycles. The number of nitro benzene ring substituents is 1. The third-order valence-electron chi connectivity index (χ3n) is 2.86. The summed E-state index contributed by atoms with van der Waals surface area (Å²) in [5.41, 5.74) is -0.709. The van der Waals surface area contributed by atoms with Gasteiger partial charge in [-0.2, -0.15) is 0 Å². The summed E-state index contributed by atoms with van der Waals surface area (Å²) in [7, 11) is 0. The van der Waals surface area contributed by atoms with Gasteiger partial charge in [0.2, 0.25) is 0 Å². The SMILES string of the molecule is O=C(NCc1ccc(Br)cc1F)c1ccc(F)cc1[N+](=O)[O-]. The minimum atomic E-state index is -0.849. The van der Waals surface area contributed by atoms with Gasteiger partial charge < -0.3 is 5.32 Å².